The molecule has 4 heterocycles. The van der Waals surface area contributed by atoms with Gasteiger partial charge in [0.15, 0.2) is 11.6 Å². The lowest BCUT2D eigenvalue weighted by Crippen LogP contribution is -2.47. The van der Waals surface area contributed by atoms with Crippen LogP contribution in [0.15, 0.2) is 18.5 Å². The Kier molecular flexibility index (Phi) is 4.73. The standard InChI is InChI=1S/C18H25N7OS/c1-18(2,3)14-11-13-16(19-5-6-25(13)21-14)23-7-9-24(10-8-23)17-20-15(12-26-4)22-27-17/h5-6,11H,7-10,12H2,1-4H3. The zero-order valence-corrected chi connectivity index (χ0v) is 17.0. The van der Waals surface area contributed by atoms with Gasteiger partial charge in [0.05, 0.1) is 5.69 Å². The zero-order valence-electron chi connectivity index (χ0n) is 16.2. The number of piperazine rings is 1. The summed E-state index contributed by atoms with van der Waals surface area (Å²) in [5, 5.41) is 5.70. The van der Waals surface area contributed by atoms with Gasteiger partial charge in [-0.2, -0.15) is 9.47 Å². The Morgan fingerprint density at radius 3 is 2.59 bits per heavy atom. The van der Waals surface area contributed by atoms with E-state index in [4.69, 9.17) is 9.84 Å². The maximum atomic E-state index is 5.11. The SMILES string of the molecule is COCc1nsc(N2CCN(c3nccn4nc(C(C)(C)C)cc34)CC2)n1. The fourth-order valence-corrected chi connectivity index (χ4v) is 3.91. The van der Waals surface area contributed by atoms with Crippen LogP contribution in [0.4, 0.5) is 10.9 Å². The Labute approximate surface area is 163 Å². The Bertz CT molecular complexity index is 921. The Balaban J connectivity index is 1.51. The molecule has 0 atom stereocenters. The molecule has 3 aromatic heterocycles. The number of ether oxygens (including phenoxy) is 1. The highest BCUT2D eigenvalue weighted by molar-refractivity contribution is 7.09. The van der Waals surface area contributed by atoms with Crippen LogP contribution in [0.5, 0.6) is 0 Å². The lowest BCUT2D eigenvalue weighted by Gasteiger charge is -2.35. The third-order valence-electron chi connectivity index (χ3n) is 4.72. The zero-order chi connectivity index (χ0) is 19.0. The molecule has 0 radical (unpaired) electrons. The van der Waals surface area contributed by atoms with Gasteiger partial charge in [-0.05, 0) is 6.07 Å². The van der Waals surface area contributed by atoms with Crippen LogP contribution in [0.3, 0.4) is 0 Å². The van der Waals surface area contributed by atoms with Gasteiger partial charge in [0.25, 0.3) is 0 Å². The minimum atomic E-state index is 0.0136. The number of rotatable bonds is 4. The molecule has 0 unspecified atom stereocenters. The molecule has 0 saturated carbocycles. The molecule has 0 spiro atoms. The fraction of sp³-hybridized carbons (Fsp3) is 0.556. The van der Waals surface area contributed by atoms with E-state index in [9.17, 15) is 0 Å². The molecule has 9 heteroatoms. The minimum absolute atomic E-state index is 0.0136. The summed E-state index contributed by atoms with van der Waals surface area (Å²) in [7, 11) is 1.66. The minimum Gasteiger partial charge on any atom is -0.377 e. The molecule has 1 aliphatic heterocycles. The number of aromatic nitrogens is 5. The summed E-state index contributed by atoms with van der Waals surface area (Å²) >= 11 is 1.44. The quantitative estimate of drug-likeness (QED) is 0.680. The largest absolute Gasteiger partial charge is 0.377 e. The third kappa shape index (κ3) is 3.61. The molecule has 3 aromatic rings. The highest BCUT2D eigenvalue weighted by atomic mass is 32.1. The molecule has 0 aliphatic carbocycles. The van der Waals surface area contributed by atoms with E-state index in [1.165, 1.54) is 11.5 Å². The first-order valence-corrected chi connectivity index (χ1v) is 9.89. The van der Waals surface area contributed by atoms with Crippen LogP contribution in [0.2, 0.25) is 0 Å². The number of fused-ring (bicyclic) bond motifs is 1. The summed E-state index contributed by atoms with van der Waals surface area (Å²) in [5.41, 5.74) is 2.16. The van der Waals surface area contributed by atoms with Gasteiger partial charge in [0.2, 0.25) is 5.13 Å². The van der Waals surface area contributed by atoms with Crippen molar-refractivity contribution in [3.63, 3.8) is 0 Å². The van der Waals surface area contributed by atoms with Crippen LogP contribution in [-0.2, 0) is 16.8 Å². The number of methoxy groups -OCH3 is 1. The van der Waals surface area contributed by atoms with Crippen molar-refractivity contribution in [3.05, 3.63) is 30.0 Å². The van der Waals surface area contributed by atoms with Gasteiger partial charge >= 0.3 is 0 Å². The Hall–Kier alpha value is -2.26. The van der Waals surface area contributed by atoms with E-state index in [0.29, 0.717) is 6.61 Å². The highest BCUT2D eigenvalue weighted by Gasteiger charge is 2.24. The van der Waals surface area contributed by atoms with E-state index in [1.54, 1.807) is 7.11 Å². The number of hydrogen-bond acceptors (Lipinski definition) is 8. The smallest absolute Gasteiger partial charge is 0.205 e. The predicted molar refractivity (Wildman–Crippen MR) is 107 cm³/mol. The van der Waals surface area contributed by atoms with Crippen molar-refractivity contribution < 1.29 is 4.74 Å². The first-order chi connectivity index (χ1) is 13.0. The molecule has 0 amide bonds. The average molecular weight is 388 g/mol. The van der Waals surface area contributed by atoms with E-state index in [2.05, 4.69) is 51.0 Å². The monoisotopic (exact) mass is 387 g/mol. The summed E-state index contributed by atoms with van der Waals surface area (Å²) in [6.07, 6.45) is 3.75. The summed E-state index contributed by atoms with van der Waals surface area (Å²) in [4.78, 5) is 13.8. The molecule has 0 N–H and O–H groups in total. The second-order valence-electron chi connectivity index (χ2n) is 7.76. The molecule has 0 aromatic carbocycles. The van der Waals surface area contributed by atoms with Gasteiger partial charge in [-0.15, -0.1) is 0 Å². The van der Waals surface area contributed by atoms with E-state index < -0.39 is 0 Å². The molecular formula is C18H25N7OS. The lowest BCUT2D eigenvalue weighted by molar-refractivity contribution is 0.179. The second-order valence-corrected chi connectivity index (χ2v) is 8.49. The van der Waals surface area contributed by atoms with Crippen LogP contribution >= 0.6 is 11.5 Å². The molecule has 27 heavy (non-hydrogen) atoms. The van der Waals surface area contributed by atoms with Gasteiger partial charge < -0.3 is 14.5 Å². The van der Waals surface area contributed by atoms with Crippen molar-refractivity contribution in [1.29, 1.82) is 0 Å². The molecule has 4 rings (SSSR count). The van der Waals surface area contributed by atoms with Gasteiger partial charge in [0, 0.05) is 62.6 Å². The van der Waals surface area contributed by atoms with Crippen LogP contribution in [0.1, 0.15) is 32.3 Å². The van der Waals surface area contributed by atoms with Gasteiger partial charge in [0.1, 0.15) is 12.1 Å². The average Bonchev–Trinajstić information content (AvgIpc) is 3.28. The Morgan fingerprint density at radius 1 is 1.15 bits per heavy atom. The van der Waals surface area contributed by atoms with Crippen LogP contribution in [0.25, 0.3) is 5.52 Å². The number of anilines is 2. The number of hydrogen-bond donors (Lipinski definition) is 0. The summed E-state index contributed by atoms with van der Waals surface area (Å²) in [6, 6.07) is 2.16. The molecular weight excluding hydrogens is 362 g/mol. The van der Waals surface area contributed by atoms with E-state index in [-0.39, 0.29) is 5.41 Å². The van der Waals surface area contributed by atoms with E-state index >= 15 is 0 Å². The normalized spacial score (nSPS) is 15.7. The fourth-order valence-electron chi connectivity index (χ4n) is 3.19. The highest BCUT2D eigenvalue weighted by Crippen LogP contribution is 2.27. The van der Waals surface area contributed by atoms with Crippen LogP contribution < -0.4 is 9.80 Å². The summed E-state index contributed by atoms with van der Waals surface area (Å²) in [5.74, 6) is 1.75. The first kappa shape index (κ1) is 18.1. The van der Waals surface area contributed by atoms with Crippen molar-refractivity contribution in [1.82, 2.24) is 24.0 Å². The second kappa shape index (κ2) is 7.05. The molecule has 1 saturated heterocycles. The molecule has 0 bridgehead atoms. The van der Waals surface area contributed by atoms with Crippen LogP contribution in [0, 0.1) is 0 Å². The van der Waals surface area contributed by atoms with Crippen molar-refractivity contribution in [2.75, 3.05) is 43.1 Å². The first-order valence-electron chi connectivity index (χ1n) is 9.12. The van der Waals surface area contributed by atoms with Crippen molar-refractivity contribution in [2.45, 2.75) is 32.8 Å². The molecule has 1 fully saturated rings. The van der Waals surface area contributed by atoms with E-state index in [0.717, 1.165) is 54.2 Å². The molecule has 1 aliphatic rings. The van der Waals surface area contributed by atoms with Gasteiger partial charge in [-0.3, -0.25) is 0 Å². The Morgan fingerprint density at radius 2 is 1.89 bits per heavy atom. The van der Waals surface area contributed by atoms with Crippen molar-refractivity contribution >= 4 is 28.0 Å². The number of nitrogens with zero attached hydrogens (tertiary/aromatic N) is 7. The maximum Gasteiger partial charge on any atom is 0.205 e. The lowest BCUT2D eigenvalue weighted by atomic mass is 9.92. The predicted octanol–water partition coefficient (Wildman–Crippen LogP) is 2.35. The molecule has 144 valence electrons. The summed E-state index contributed by atoms with van der Waals surface area (Å²) in [6.45, 7) is 10.6. The van der Waals surface area contributed by atoms with Gasteiger partial charge in [-0.25, -0.2) is 14.5 Å². The molecule has 8 nitrogen and oxygen atoms in total. The van der Waals surface area contributed by atoms with Gasteiger partial charge in [-0.1, -0.05) is 20.8 Å². The topological polar surface area (TPSA) is 71.7 Å². The summed E-state index contributed by atoms with van der Waals surface area (Å²) < 4.78 is 11.4. The van der Waals surface area contributed by atoms with Crippen molar-refractivity contribution in [3.8, 4) is 0 Å². The third-order valence-corrected chi connectivity index (χ3v) is 5.53. The van der Waals surface area contributed by atoms with E-state index in [1.807, 2.05) is 16.9 Å². The van der Waals surface area contributed by atoms with Crippen LogP contribution in [-0.4, -0.2) is 57.2 Å². The maximum absolute atomic E-state index is 5.11. The van der Waals surface area contributed by atoms with Crippen molar-refractivity contribution in [2.24, 2.45) is 0 Å².